The molecule has 4 heteroatoms. The molecule has 1 unspecified atom stereocenters. The van der Waals surface area contributed by atoms with E-state index in [1.54, 1.807) is 0 Å². The van der Waals surface area contributed by atoms with Gasteiger partial charge < -0.3 is 14.5 Å². The fraction of sp³-hybridized carbons (Fsp3) is 0.700. The Kier molecular flexibility index (Phi) is 3.03. The van der Waals surface area contributed by atoms with Crippen molar-refractivity contribution in [3.05, 3.63) is 17.2 Å². The van der Waals surface area contributed by atoms with Gasteiger partial charge in [0.2, 0.25) is 0 Å². The van der Waals surface area contributed by atoms with Crippen LogP contribution in [0.25, 0.3) is 0 Å². The van der Waals surface area contributed by atoms with Crippen molar-refractivity contribution >= 4 is 12.2 Å². The summed E-state index contributed by atoms with van der Waals surface area (Å²) in [5.74, 6) is 0.775. The highest BCUT2D eigenvalue weighted by Crippen LogP contribution is 2.17. The normalized spacial score (nSPS) is 23.1. The number of aromatic nitrogens is 2. The molecule has 1 N–H and O–H groups in total. The van der Waals surface area contributed by atoms with E-state index >= 15 is 0 Å². The number of H-pyrrole nitrogens is 1. The maximum Gasteiger partial charge on any atom is 0.177 e. The Morgan fingerprint density at radius 3 is 3.07 bits per heavy atom. The van der Waals surface area contributed by atoms with Gasteiger partial charge in [-0.05, 0) is 37.6 Å². The summed E-state index contributed by atoms with van der Waals surface area (Å²) in [5, 5.41) is 0. The first-order chi connectivity index (χ1) is 6.79. The fourth-order valence-electron chi connectivity index (χ4n) is 2.12. The Morgan fingerprint density at radius 2 is 2.50 bits per heavy atom. The molecular formula is C10H17N3S. The molecule has 1 aromatic heterocycles. The summed E-state index contributed by atoms with van der Waals surface area (Å²) in [7, 11) is 0. The van der Waals surface area contributed by atoms with E-state index in [0.717, 1.165) is 17.2 Å². The van der Waals surface area contributed by atoms with Gasteiger partial charge in [0.1, 0.15) is 0 Å². The third-order valence-corrected chi connectivity index (χ3v) is 3.35. The lowest BCUT2D eigenvalue weighted by Gasteiger charge is -2.13. The molecule has 78 valence electrons. The van der Waals surface area contributed by atoms with Gasteiger partial charge in [-0.2, -0.15) is 0 Å². The van der Waals surface area contributed by atoms with Gasteiger partial charge in [0.25, 0.3) is 0 Å². The molecule has 0 aromatic carbocycles. The van der Waals surface area contributed by atoms with Crippen molar-refractivity contribution < 1.29 is 0 Å². The maximum absolute atomic E-state index is 5.17. The zero-order valence-corrected chi connectivity index (χ0v) is 9.39. The largest absolute Gasteiger partial charge is 0.337 e. The predicted octanol–water partition coefficient (Wildman–Crippen LogP) is 1.89. The SMILES string of the molecule is CCN1CCC(Cn2cc[nH]c2=S)C1. The molecule has 0 radical (unpaired) electrons. The minimum atomic E-state index is 0.775. The zero-order valence-electron chi connectivity index (χ0n) is 8.57. The van der Waals surface area contributed by atoms with E-state index in [1.165, 1.54) is 26.1 Å². The first-order valence-corrected chi connectivity index (χ1v) is 5.66. The van der Waals surface area contributed by atoms with Crippen LogP contribution in [0.1, 0.15) is 13.3 Å². The van der Waals surface area contributed by atoms with Crippen LogP contribution in [0.3, 0.4) is 0 Å². The van der Waals surface area contributed by atoms with Crippen molar-refractivity contribution in [1.82, 2.24) is 14.5 Å². The lowest BCUT2D eigenvalue weighted by molar-refractivity contribution is 0.332. The number of nitrogens with one attached hydrogen (secondary N) is 1. The Balaban J connectivity index is 1.94. The van der Waals surface area contributed by atoms with Crippen molar-refractivity contribution in [3.63, 3.8) is 0 Å². The maximum atomic E-state index is 5.17. The Morgan fingerprint density at radius 1 is 1.64 bits per heavy atom. The summed E-state index contributed by atoms with van der Waals surface area (Å²) in [5.41, 5.74) is 0. The molecule has 0 amide bonds. The Hall–Kier alpha value is -0.610. The van der Waals surface area contributed by atoms with Crippen molar-refractivity contribution in [2.24, 2.45) is 5.92 Å². The molecule has 1 aliphatic heterocycles. The highest BCUT2D eigenvalue weighted by atomic mass is 32.1. The molecule has 1 aliphatic rings. The number of imidazole rings is 1. The van der Waals surface area contributed by atoms with E-state index in [0.29, 0.717) is 0 Å². The van der Waals surface area contributed by atoms with E-state index in [-0.39, 0.29) is 0 Å². The van der Waals surface area contributed by atoms with Crippen LogP contribution in [0.2, 0.25) is 0 Å². The van der Waals surface area contributed by atoms with Gasteiger partial charge in [0.15, 0.2) is 4.77 Å². The van der Waals surface area contributed by atoms with Gasteiger partial charge in [-0.3, -0.25) is 0 Å². The number of hydrogen-bond acceptors (Lipinski definition) is 2. The lowest BCUT2D eigenvalue weighted by Crippen LogP contribution is -2.21. The molecular weight excluding hydrogens is 194 g/mol. The van der Waals surface area contributed by atoms with Crippen LogP contribution in [0.15, 0.2) is 12.4 Å². The van der Waals surface area contributed by atoms with Gasteiger partial charge in [-0.25, -0.2) is 0 Å². The molecule has 0 bridgehead atoms. The zero-order chi connectivity index (χ0) is 9.97. The van der Waals surface area contributed by atoms with Gasteiger partial charge in [0.05, 0.1) is 0 Å². The van der Waals surface area contributed by atoms with E-state index < -0.39 is 0 Å². The summed E-state index contributed by atoms with van der Waals surface area (Å²) < 4.78 is 2.99. The number of rotatable bonds is 3. The molecule has 1 fully saturated rings. The minimum Gasteiger partial charge on any atom is -0.337 e. The van der Waals surface area contributed by atoms with E-state index in [4.69, 9.17) is 12.2 Å². The summed E-state index contributed by atoms with van der Waals surface area (Å²) in [4.78, 5) is 5.53. The molecule has 1 aromatic rings. The van der Waals surface area contributed by atoms with Gasteiger partial charge in [-0.1, -0.05) is 6.92 Å². The Bertz CT molecular complexity index is 341. The van der Waals surface area contributed by atoms with Crippen LogP contribution in [0, 0.1) is 10.7 Å². The quantitative estimate of drug-likeness (QED) is 0.772. The first kappa shape index (κ1) is 9.93. The number of nitrogens with zero attached hydrogens (tertiary/aromatic N) is 2. The second-order valence-corrected chi connectivity index (χ2v) is 4.35. The highest BCUT2D eigenvalue weighted by molar-refractivity contribution is 7.71. The van der Waals surface area contributed by atoms with E-state index in [1.807, 2.05) is 12.4 Å². The first-order valence-electron chi connectivity index (χ1n) is 5.25. The summed E-state index contributed by atoms with van der Waals surface area (Å²) >= 11 is 5.17. The van der Waals surface area contributed by atoms with E-state index in [9.17, 15) is 0 Å². The van der Waals surface area contributed by atoms with Crippen LogP contribution in [0.4, 0.5) is 0 Å². The third-order valence-electron chi connectivity index (χ3n) is 2.99. The number of likely N-dealkylation sites (tertiary alicyclic amines) is 1. The topological polar surface area (TPSA) is 24.0 Å². The van der Waals surface area contributed by atoms with Crippen LogP contribution < -0.4 is 0 Å². The van der Waals surface area contributed by atoms with Crippen LogP contribution in [-0.4, -0.2) is 34.1 Å². The third kappa shape index (κ3) is 2.07. The van der Waals surface area contributed by atoms with Crippen molar-refractivity contribution in [2.75, 3.05) is 19.6 Å². The molecule has 2 heterocycles. The van der Waals surface area contributed by atoms with Crippen LogP contribution >= 0.6 is 12.2 Å². The average molecular weight is 211 g/mol. The molecule has 0 saturated carbocycles. The molecule has 1 saturated heterocycles. The Labute approximate surface area is 89.7 Å². The fourth-order valence-corrected chi connectivity index (χ4v) is 2.32. The van der Waals surface area contributed by atoms with Crippen molar-refractivity contribution in [2.45, 2.75) is 19.9 Å². The molecule has 0 spiro atoms. The molecule has 3 nitrogen and oxygen atoms in total. The summed E-state index contributed by atoms with van der Waals surface area (Å²) in [6, 6.07) is 0. The monoisotopic (exact) mass is 211 g/mol. The lowest BCUT2D eigenvalue weighted by atomic mass is 10.1. The van der Waals surface area contributed by atoms with Gasteiger partial charge in [-0.15, -0.1) is 0 Å². The molecule has 1 atom stereocenters. The molecule has 0 aliphatic carbocycles. The van der Waals surface area contributed by atoms with Crippen molar-refractivity contribution in [3.8, 4) is 0 Å². The van der Waals surface area contributed by atoms with E-state index in [2.05, 4.69) is 21.4 Å². The number of aromatic amines is 1. The van der Waals surface area contributed by atoms with Crippen molar-refractivity contribution in [1.29, 1.82) is 0 Å². The standard InChI is InChI=1S/C10H17N3S/c1-2-12-5-3-9(7-12)8-13-6-4-11-10(13)14/h4,6,9H,2-3,5,7-8H2,1H3,(H,11,14). The van der Waals surface area contributed by atoms with Gasteiger partial charge >= 0.3 is 0 Å². The smallest absolute Gasteiger partial charge is 0.177 e. The summed E-state index contributed by atoms with van der Waals surface area (Å²) in [6.45, 7) is 6.95. The summed E-state index contributed by atoms with van der Waals surface area (Å²) in [6.07, 6.45) is 5.26. The average Bonchev–Trinajstić information content (AvgIpc) is 2.77. The number of hydrogen-bond donors (Lipinski definition) is 1. The molecule has 2 rings (SSSR count). The second-order valence-electron chi connectivity index (χ2n) is 3.97. The highest BCUT2D eigenvalue weighted by Gasteiger charge is 2.21. The van der Waals surface area contributed by atoms with Gasteiger partial charge in [0, 0.05) is 25.5 Å². The van der Waals surface area contributed by atoms with Crippen LogP contribution in [0.5, 0.6) is 0 Å². The predicted molar refractivity (Wildman–Crippen MR) is 59.8 cm³/mol. The van der Waals surface area contributed by atoms with Crippen LogP contribution in [-0.2, 0) is 6.54 Å². The second kappa shape index (κ2) is 4.28. The molecule has 14 heavy (non-hydrogen) atoms. The minimum absolute atomic E-state index is 0.775.